The normalized spacial score (nSPS) is 32.8. The van der Waals surface area contributed by atoms with Gasteiger partial charge in [0.1, 0.15) is 0 Å². The first-order chi connectivity index (χ1) is 9.31. The molecule has 1 aromatic heterocycles. The van der Waals surface area contributed by atoms with Gasteiger partial charge in [0.05, 0.1) is 36.8 Å². The molecule has 1 saturated heterocycles. The number of hydrogen-bond donors (Lipinski definition) is 1. The average molecular weight is 265 g/mol. The SMILES string of the molecule is COC1CCCC1n1cncc1C(N)C1CCOC1. The quantitative estimate of drug-likeness (QED) is 0.899. The summed E-state index contributed by atoms with van der Waals surface area (Å²) in [5, 5.41) is 0. The lowest BCUT2D eigenvalue weighted by Gasteiger charge is -2.25. The molecule has 5 nitrogen and oxygen atoms in total. The zero-order valence-corrected chi connectivity index (χ0v) is 11.5. The maximum atomic E-state index is 6.42. The molecule has 3 rings (SSSR count). The van der Waals surface area contributed by atoms with Crippen molar-refractivity contribution in [2.45, 2.75) is 43.9 Å². The molecule has 19 heavy (non-hydrogen) atoms. The van der Waals surface area contributed by atoms with E-state index >= 15 is 0 Å². The minimum atomic E-state index is 0.0168. The third-order valence-corrected chi connectivity index (χ3v) is 4.59. The van der Waals surface area contributed by atoms with Gasteiger partial charge in [-0.15, -0.1) is 0 Å². The number of imidazole rings is 1. The Morgan fingerprint density at radius 1 is 1.47 bits per heavy atom. The van der Waals surface area contributed by atoms with Gasteiger partial charge in [0.15, 0.2) is 0 Å². The molecule has 0 radical (unpaired) electrons. The fourth-order valence-electron chi connectivity index (χ4n) is 3.43. The molecule has 4 atom stereocenters. The summed E-state index contributed by atoms with van der Waals surface area (Å²) in [7, 11) is 1.80. The van der Waals surface area contributed by atoms with E-state index in [4.69, 9.17) is 15.2 Å². The summed E-state index contributed by atoms with van der Waals surface area (Å²) < 4.78 is 13.3. The van der Waals surface area contributed by atoms with Crippen LogP contribution >= 0.6 is 0 Å². The van der Waals surface area contributed by atoms with Crippen molar-refractivity contribution in [1.29, 1.82) is 0 Å². The van der Waals surface area contributed by atoms with Crippen LogP contribution in [0.1, 0.15) is 43.5 Å². The van der Waals surface area contributed by atoms with Gasteiger partial charge in [-0.3, -0.25) is 0 Å². The van der Waals surface area contributed by atoms with E-state index in [1.165, 1.54) is 6.42 Å². The topological polar surface area (TPSA) is 62.3 Å². The minimum Gasteiger partial charge on any atom is -0.381 e. The van der Waals surface area contributed by atoms with Crippen molar-refractivity contribution in [3.8, 4) is 0 Å². The Balaban J connectivity index is 1.81. The first-order valence-electron chi connectivity index (χ1n) is 7.19. The number of nitrogens with two attached hydrogens (primary N) is 1. The maximum Gasteiger partial charge on any atom is 0.0952 e. The molecule has 5 heteroatoms. The fourth-order valence-corrected chi connectivity index (χ4v) is 3.43. The number of hydrogen-bond acceptors (Lipinski definition) is 4. The Kier molecular flexibility index (Phi) is 3.86. The van der Waals surface area contributed by atoms with Gasteiger partial charge in [-0.1, -0.05) is 0 Å². The third kappa shape index (κ3) is 2.42. The average Bonchev–Trinajstić information content (AvgIpc) is 3.16. The molecule has 2 N–H and O–H groups in total. The van der Waals surface area contributed by atoms with Crippen molar-refractivity contribution in [3.63, 3.8) is 0 Å². The molecule has 0 bridgehead atoms. The summed E-state index contributed by atoms with van der Waals surface area (Å²) in [6.45, 7) is 1.60. The molecule has 1 aliphatic carbocycles. The number of nitrogens with zero attached hydrogens (tertiary/aromatic N) is 2. The standard InChI is InChI=1S/C14H23N3O2/c1-18-13-4-2-3-11(13)17-9-16-7-12(17)14(15)10-5-6-19-8-10/h7,9-11,13-14H,2-6,8,15H2,1H3. The van der Waals surface area contributed by atoms with Crippen LogP contribution in [0.15, 0.2) is 12.5 Å². The highest BCUT2D eigenvalue weighted by molar-refractivity contribution is 5.09. The van der Waals surface area contributed by atoms with Crippen molar-refractivity contribution in [2.24, 2.45) is 11.7 Å². The smallest absolute Gasteiger partial charge is 0.0952 e. The molecular weight excluding hydrogens is 242 g/mol. The molecule has 0 amide bonds. The van der Waals surface area contributed by atoms with Crippen molar-refractivity contribution in [1.82, 2.24) is 9.55 Å². The summed E-state index contributed by atoms with van der Waals surface area (Å²) in [5.41, 5.74) is 7.55. The Morgan fingerprint density at radius 2 is 2.37 bits per heavy atom. The summed E-state index contributed by atoms with van der Waals surface area (Å²) in [6, 6.07) is 0.402. The molecule has 2 aliphatic rings. The molecule has 1 aliphatic heterocycles. The first-order valence-corrected chi connectivity index (χ1v) is 7.19. The molecule has 1 saturated carbocycles. The van der Waals surface area contributed by atoms with E-state index in [1.807, 2.05) is 12.5 Å². The zero-order chi connectivity index (χ0) is 13.2. The van der Waals surface area contributed by atoms with Gasteiger partial charge in [-0.25, -0.2) is 4.98 Å². The monoisotopic (exact) mass is 265 g/mol. The second-order valence-corrected chi connectivity index (χ2v) is 5.65. The van der Waals surface area contributed by atoms with Crippen LogP contribution in [0, 0.1) is 5.92 Å². The summed E-state index contributed by atoms with van der Waals surface area (Å²) in [5.74, 6) is 0.415. The fraction of sp³-hybridized carbons (Fsp3) is 0.786. The van der Waals surface area contributed by atoms with Crippen LogP contribution in [0.3, 0.4) is 0 Å². The molecular formula is C14H23N3O2. The third-order valence-electron chi connectivity index (χ3n) is 4.59. The number of aromatic nitrogens is 2. The van der Waals surface area contributed by atoms with Gasteiger partial charge < -0.3 is 19.8 Å². The number of methoxy groups -OCH3 is 1. The van der Waals surface area contributed by atoms with E-state index in [0.29, 0.717) is 18.1 Å². The van der Waals surface area contributed by atoms with Crippen molar-refractivity contribution in [2.75, 3.05) is 20.3 Å². The zero-order valence-electron chi connectivity index (χ0n) is 11.5. The van der Waals surface area contributed by atoms with E-state index < -0.39 is 0 Å². The van der Waals surface area contributed by atoms with Crippen LogP contribution in [0.2, 0.25) is 0 Å². The summed E-state index contributed by atoms with van der Waals surface area (Å²) in [4.78, 5) is 4.31. The van der Waals surface area contributed by atoms with Crippen molar-refractivity contribution in [3.05, 3.63) is 18.2 Å². The minimum absolute atomic E-state index is 0.0168. The molecule has 0 aromatic carbocycles. The lowest BCUT2D eigenvalue weighted by molar-refractivity contribution is 0.0733. The molecule has 106 valence electrons. The van der Waals surface area contributed by atoms with E-state index in [-0.39, 0.29) is 6.04 Å². The van der Waals surface area contributed by atoms with Gasteiger partial charge in [0, 0.05) is 25.8 Å². The van der Waals surface area contributed by atoms with Crippen LogP contribution < -0.4 is 5.73 Å². The van der Waals surface area contributed by atoms with Crippen molar-refractivity contribution < 1.29 is 9.47 Å². The summed E-state index contributed by atoms with van der Waals surface area (Å²) >= 11 is 0. The largest absolute Gasteiger partial charge is 0.381 e. The molecule has 2 fully saturated rings. The predicted molar refractivity (Wildman–Crippen MR) is 71.8 cm³/mol. The van der Waals surface area contributed by atoms with Crippen LogP contribution in [-0.2, 0) is 9.47 Å². The van der Waals surface area contributed by atoms with E-state index in [1.54, 1.807) is 7.11 Å². The van der Waals surface area contributed by atoms with Gasteiger partial charge in [-0.05, 0) is 25.7 Å². The second kappa shape index (κ2) is 5.61. The van der Waals surface area contributed by atoms with E-state index in [2.05, 4.69) is 9.55 Å². The highest BCUT2D eigenvalue weighted by Gasteiger charge is 2.33. The van der Waals surface area contributed by atoms with Crippen LogP contribution in [-0.4, -0.2) is 36.0 Å². The van der Waals surface area contributed by atoms with E-state index in [9.17, 15) is 0 Å². The summed E-state index contributed by atoms with van der Waals surface area (Å²) in [6.07, 6.45) is 8.64. The molecule has 4 unspecified atom stereocenters. The second-order valence-electron chi connectivity index (χ2n) is 5.65. The predicted octanol–water partition coefficient (Wildman–Crippen LogP) is 1.66. The van der Waals surface area contributed by atoms with Gasteiger partial charge >= 0.3 is 0 Å². The van der Waals surface area contributed by atoms with Crippen molar-refractivity contribution >= 4 is 0 Å². The Morgan fingerprint density at radius 3 is 3.11 bits per heavy atom. The molecule has 1 aromatic rings. The highest BCUT2D eigenvalue weighted by Crippen LogP contribution is 2.35. The highest BCUT2D eigenvalue weighted by atomic mass is 16.5. The molecule has 2 heterocycles. The van der Waals surface area contributed by atoms with Gasteiger partial charge in [0.2, 0.25) is 0 Å². The maximum absolute atomic E-state index is 6.42. The Labute approximate surface area is 114 Å². The Bertz CT molecular complexity index is 415. The van der Waals surface area contributed by atoms with Crippen LogP contribution in [0.25, 0.3) is 0 Å². The lowest BCUT2D eigenvalue weighted by atomic mass is 9.97. The van der Waals surface area contributed by atoms with Gasteiger partial charge in [0.25, 0.3) is 0 Å². The first kappa shape index (κ1) is 13.1. The lowest BCUT2D eigenvalue weighted by Crippen LogP contribution is -2.28. The number of rotatable bonds is 4. The molecule has 0 spiro atoms. The number of ether oxygens (including phenoxy) is 2. The van der Waals surface area contributed by atoms with Gasteiger partial charge in [-0.2, -0.15) is 0 Å². The Hall–Kier alpha value is -0.910. The van der Waals surface area contributed by atoms with Crippen LogP contribution in [0.5, 0.6) is 0 Å². The van der Waals surface area contributed by atoms with Crippen LogP contribution in [0.4, 0.5) is 0 Å². The van der Waals surface area contributed by atoms with E-state index in [0.717, 1.165) is 38.2 Å².